The molecule has 0 saturated carbocycles. The lowest BCUT2D eigenvalue weighted by atomic mass is 9.77. The number of likely N-dealkylation sites (tertiary alicyclic amines) is 2. The number of fused-ring (bicyclic) bond motifs is 1. The van der Waals surface area contributed by atoms with Gasteiger partial charge in [0.25, 0.3) is 5.91 Å². The first-order valence-corrected chi connectivity index (χ1v) is 18.1. The second kappa shape index (κ2) is 14.8. The van der Waals surface area contributed by atoms with Crippen molar-refractivity contribution >= 4 is 29.0 Å². The Morgan fingerprint density at radius 1 is 0.904 bits per heavy atom. The van der Waals surface area contributed by atoms with Crippen molar-refractivity contribution in [3.05, 3.63) is 127 Å². The zero-order chi connectivity index (χ0) is 36.2. The minimum absolute atomic E-state index is 0.0211. The molecular weight excluding hydrogens is 647 g/mol. The van der Waals surface area contributed by atoms with E-state index in [1.807, 2.05) is 61.2 Å². The molecule has 9 heteroatoms. The molecule has 1 amide bonds. The van der Waals surface area contributed by atoms with Crippen LogP contribution < -0.4 is 5.73 Å². The van der Waals surface area contributed by atoms with Crippen molar-refractivity contribution in [1.82, 2.24) is 29.3 Å². The zero-order valence-electron chi connectivity index (χ0n) is 29.9. The normalized spacial score (nSPS) is 15.4. The fourth-order valence-electron chi connectivity index (χ4n) is 7.55. The van der Waals surface area contributed by atoms with Gasteiger partial charge in [-0.2, -0.15) is 0 Å². The van der Waals surface area contributed by atoms with Gasteiger partial charge in [-0.05, 0) is 85.3 Å². The zero-order valence-corrected chi connectivity index (χ0v) is 29.9. The fourth-order valence-corrected chi connectivity index (χ4v) is 7.55. The largest absolute Gasteiger partial charge is 0.507 e. The van der Waals surface area contributed by atoms with Crippen LogP contribution in [0.3, 0.4) is 0 Å². The molecule has 0 radical (unpaired) electrons. The summed E-state index contributed by atoms with van der Waals surface area (Å²) in [4.78, 5) is 32.1. The number of benzene rings is 3. The van der Waals surface area contributed by atoms with Gasteiger partial charge in [-0.25, -0.2) is 15.0 Å². The fraction of sp³-hybridized carbons (Fsp3) is 0.256. The van der Waals surface area contributed by atoms with Crippen molar-refractivity contribution in [2.75, 3.05) is 31.9 Å². The Labute approximate surface area is 305 Å². The molecule has 0 atom stereocenters. The number of aromatic nitrogens is 4. The number of anilines is 1. The molecule has 8 rings (SSSR count). The maximum Gasteiger partial charge on any atom is 0.253 e. The molecule has 9 nitrogen and oxygen atoms in total. The third-order valence-corrected chi connectivity index (χ3v) is 10.4. The van der Waals surface area contributed by atoms with E-state index >= 15 is 0 Å². The molecule has 52 heavy (non-hydrogen) atoms. The van der Waals surface area contributed by atoms with Crippen molar-refractivity contribution in [1.29, 1.82) is 0 Å². The highest BCUT2D eigenvalue weighted by Crippen LogP contribution is 2.41. The lowest BCUT2D eigenvalue weighted by molar-refractivity contribution is 0.0587. The van der Waals surface area contributed by atoms with Gasteiger partial charge in [-0.1, -0.05) is 75.0 Å². The lowest BCUT2D eigenvalue weighted by Crippen LogP contribution is -2.44. The predicted octanol–water partition coefficient (Wildman–Crippen LogP) is 8.23. The third-order valence-electron chi connectivity index (χ3n) is 10.4. The van der Waals surface area contributed by atoms with Crippen LogP contribution in [0.5, 0.6) is 5.75 Å². The molecule has 2 aliphatic rings. The molecular formula is C43H45N7O2. The summed E-state index contributed by atoms with van der Waals surface area (Å²) in [5.74, 6) is 1.19. The van der Waals surface area contributed by atoms with Crippen molar-refractivity contribution < 1.29 is 9.90 Å². The number of rotatable bonds is 7. The highest BCUT2D eigenvalue weighted by molar-refractivity contribution is 5.95. The summed E-state index contributed by atoms with van der Waals surface area (Å²) in [6.07, 6.45) is 6.38. The molecule has 0 aliphatic carbocycles. The Kier molecular flexibility index (Phi) is 9.87. The minimum atomic E-state index is -0.0211. The third kappa shape index (κ3) is 6.79. The van der Waals surface area contributed by atoms with Crippen LogP contribution in [0.4, 0.5) is 5.82 Å². The summed E-state index contributed by atoms with van der Waals surface area (Å²) in [6.45, 7) is 12.1. The number of aromatic hydroxyl groups is 1. The van der Waals surface area contributed by atoms with Crippen LogP contribution in [-0.4, -0.2) is 66.5 Å². The molecule has 5 heterocycles. The van der Waals surface area contributed by atoms with Crippen molar-refractivity contribution in [2.45, 2.75) is 39.7 Å². The number of hydrogen-bond donors (Lipinski definition) is 2. The maximum atomic E-state index is 13.2. The molecule has 3 N–H and O–H groups in total. The van der Waals surface area contributed by atoms with Crippen LogP contribution in [0.2, 0.25) is 0 Å². The topological polar surface area (TPSA) is 113 Å². The molecule has 2 aliphatic heterocycles. The molecule has 6 aromatic rings. The number of nitrogens with zero attached hydrogens (tertiary/aromatic N) is 6. The lowest BCUT2D eigenvalue weighted by Gasteiger charge is -2.39. The van der Waals surface area contributed by atoms with E-state index in [0.29, 0.717) is 22.8 Å². The first-order valence-electron chi connectivity index (χ1n) is 18.1. The maximum absolute atomic E-state index is 13.2. The number of phenols is 1. The van der Waals surface area contributed by atoms with Crippen LogP contribution >= 0.6 is 0 Å². The van der Waals surface area contributed by atoms with Crippen molar-refractivity contribution in [2.24, 2.45) is 5.41 Å². The van der Waals surface area contributed by atoms with Gasteiger partial charge in [0, 0.05) is 54.8 Å². The highest BCUT2D eigenvalue weighted by atomic mass is 16.3. The molecule has 264 valence electrons. The minimum Gasteiger partial charge on any atom is -0.507 e. The Morgan fingerprint density at radius 3 is 2.37 bits per heavy atom. The van der Waals surface area contributed by atoms with Crippen molar-refractivity contribution in [3.8, 4) is 34.1 Å². The van der Waals surface area contributed by atoms with Gasteiger partial charge in [-0.3, -0.25) is 14.3 Å². The van der Waals surface area contributed by atoms with E-state index in [0.717, 1.165) is 85.7 Å². The Balaban J connectivity index is 0.00000207. The van der Waals surface area contributed by atoms with Crippen LogP contribution in [0.25, 0.3) is 45.6 Å². The Hall–Kier alpha value is -5.80. The van der Waals surface area contributed by atoms with Crippen LogP contribution in [0.1, 0.15) is 54.6 Å². The number of imidazole rings is 1. The summed E-state index contributed by atoms with van der Waals surface area (Å²) in [5.41, 5.74) is 14.1. The van der Waals surface area contributed by atoms with Crippen LogP contribution in [0.15, 0.2) is 110 Å². The average molecular weight is 692 g/mol. The number of hydrogen-bond acceptors (Lipinski definition) is 7. The molecule has 2 fully saturated rings. The summed E-state index contributed by atoms with van der Waals surface area (Å²) in [6, 6.07) is 31.7. The summed E-state index contributed by atoms with van der Waals surface area (Å²) < 4.78 is 2.08. The van der Waals surface area contributed by atoms with E-state index < -0.39 is 0 Å². The second-order valence-electron chi connectivity index (χ2n) is 13.5. The first kappa shape index (κ1) is 34.6. The van der Waals surface area contributed by atoms with E-state index in [2.05, 4.69) is 57.4 Å². The smallest absolute Gasteiger partial charge is 0.253 e. The number of phenolic OH excluding ortho intramolecular Hbond substituents is 1. The molecule has 1 spiro atoms. The summed E-state index contributed by atoms with van der Waals surface area (Å²) >= 11 is 0. The van der Waals surface area contributed by atoms with Gasteiger partial charge >= 0.3 is 0 Å². The van der Waals surface area contributed by atoms with Crippen LogP contribution in [-0.2, 0) is 6.54 Å². The van der Waals surface area contributed by atoms with Crippen LogP contribution in [0, 0.1) is 5.41 Å². The van der Waals surface area contributed by atoms with E-state index in [4.69, 9.17) is 15.7 Å². The molecule has 0 bridgehead atoms. The van der Waals surface area contributed by atoms with Gasteiger partial charge in [0.1, 0.15) is 17.1 Å². The first-order chi connectivity index (χ1) is 25.4. The average Bonchev–Trinajstić information content (AvgIpc) is 3.77. The SMILES string of the molecule is C=Cc1ccc(C(=O)N2CCC3(CCN(Cc4ccc(-n5c(-c6cccnc6N)nc6ccc(-c7ccccc7)nc65)cc4)C3)CC2)cc1O.CC. The number of amides is 1. The van der Waals surface area contributed by atoms with E-state index in [9.17, 15) is 9.90 Å². The summed E-state index contributed by atoms with van der Waals surface area (Å²) in [7, 11) is 0. The highest BCUT2D eigenvalue weighted by Gasteiger charge is 2.41. The number of nitrogen functional groups attached to an aromatic ring is 1. The predicted molar refractivity (Wildman–Crippen MR) is 209 cm³/mol. The standard InChI is InChI=1S/C41H39N7O2.C2H6/c1-2-29-12-13-31(25-36(29)49)40(50)47-23-19-41(20-24-47)18-22-46(27-41)26-28-10-14-32(15-11-28)48-38(33-9-6-21-43-37(33)42)45-35-17-16-34(44-39(35)48)30-7-4-3-5-8-30;1-2/h2-17,21,25,49H,1,18-20,22-24,26-27H2,(H2,42,43);1-2H3. The molecule has 3 aromatic heterocycles. The van der Waals surface area contributed by atoms with E-state index in [1.165, 1.54) is 5.56 Å². The van der Waals surface area contributed by atoms with Gasteiger partial charge in [0.15, 0.2) is 11.5 Å². The van der Waals surface area contributed by atoms with Gasteiger partial charge < -0.3 is 15.7 Å². The second-order valence-corrected chi connectivity index (χ2v) is 13.5. The molecule has 0 unspecified atom stereocenters. The van der Waals surface area contributed by atoms with Gasteiger partial charge in [-0.15, -0.1) is 0 Å². The van der Waals surface area contributed by atoms with Gasteiger partial charge in [0.2, 0.25) is 0 Å². The summed E-state index contributed by atoms with van der Waals surface area (Å²) in [5, 5.41) is 10.2. The monoisotopic (exact) mass is 691 g/mol. The van der Waals surface area contributed by atoms with E-state index in [-0.39, 0.29) is 17.1 Å². The van der Waals surface area contributed by atoms with Gasteiger partial charge in [0.05, 0.1) is 11.3 Å². The number of piperidine rings is 1. The van der Waals surface area contributed by atoms with E-state index in [1.54, 1.807) is 30.5 Å². The number of pyridine rings is 2. The molecule has 3 aromatic carbocycles. The molecule has 2 saturated heterocycles. The number of carbonyl (C=O) groups excluding carboxylic acids is 1. The Morgan fingerprint density at radius 2 is 1.65 bits per heavy atom. The number of carbonyl (C=O) groups is 1. The van der Waals surface area contributed by atoms with Crippen molar-refractivity contribution in [3.63, 3.8) is 0 Å². The number of nitrogens with two attached hydrogens (primary N) is 1. The Bertz CT molecular complexity index is 2200. The quantitative estimate of drug-likeness (QED) is 0.173.